The summed E-state index contributed by atoms with van der Waals surface area (Å²) in [7, 11) is 1.98. The van der Waals surface area contributed by atoms with Gasteiger partial charge in [-0.15, -0.1) is 0 Å². The van der Waals surface area contributed by atoms with Crippen molar-refractivity contribution in [2.24, 2.45) is 5.92 Å². The van der Waals surface area contributed by atoms with E-state index in [-0.39, 0.29) is 11.7 Å². The van der Waals surface area contributed by atoms with E-state index >= 15 is 0 Å². The Morgan fingerprint density at radius 3 is 2.40 bits per heavy atom. The molecule has 138 valence electrons. The van der Waals surface area contributed by atoms with Gasteiger partial charge in [-0.1, -0.05) is 37.6 Å². The van der Waals surface area contributed by atoms with Crippen LogP contribution in [0, 0.1) is 5.92 Å². The van der Waals surface area contributed by atoms with Crippen LogP contribution in [0.3, 0.4) is 0 Å². The van der Waals surface area contributed by atoms with Crippen LogP contribution in [0.1, 0.15) is 61.4 Å². The number of nitrogens with zero attached hydrogens (tertiary/aromatic N) is 1. The zero-order valence-electron chi connectivity index (χ0n) is 15.7. The van der Waals surface area contributed by atoms with Crippen molar-refractivity contribution in [3.8, 4) is 0 Å². The monoisotopic (exact) mass is 344 g/mol. The summed E-state index contributed by atoms with van der Waals surface area (Å²) < 4.78 is 0. The van der Waals surface area contributed by atoms with Gasteiger partial charge in [-0.25, -0.2) is 0 Å². The smallest absolute Gasteiger partial charge is 0.223 e. The molecule has 25 heavy (non-hydrogen) atoms. The Morgan fingerprint density at radius 2 is 1.80 bits per heavy atom. The van der Waals surface area contributed by atoms with Crippen LogP contribution in [-0.4, -0.2) is 43.3 Å². The minimum absolute atomic E-state index is 0.0697. The largest absolute Gasteiger partial charge is 0.343 e. The Bertz CT molecular complexity index is 546. The number of hydrogen-bond acceptors (Lipinski definition) is 3. The second kappa shape index (κ2) is 10.3. The summed E-state index contributed by atoms with van der Waals surface area (Å²) in [4.78, 5) is 26.6. The van der Waals surface area contributed by atoms with Gasteiger partial charge in [0.15, 0.2) is 5.78 Å². The lowest BCUT2D eigenvalue weighted by Crippen LogP contribution is -2.39. The first-order chi connectivity index (χ1) is 12.1. The maximum absolute atomic E-state index is 12.4. The number of carbonyl (C=O) groups excluding carboxylic acids is 2. The number of carbonyl (C=O) groups is 2. The van der Waals surface area contributed by atoms with Gasteiger partial charge in [-0.05, 0) is 50.8 Å². The quantitative estimate of drug-likeness (QED) is 0.698. The third kappa shape index (κ3) is 6.28. The van der Waals surface area contributed by atoms with Crippen molar-refractivity contribution in [2.45, 2.75) is 51.9 Å². The molecule has 0 aliphatic carbocycles. The highest BCUT2D eigenvalue weighted by Gasteiger charge is 2.22. The molecule has 0 unspecified atom stereocenters. The van der Waals surface area contributed by atoms with Crippen LogP contribution in [0.25, 0.3) is 0 Å². The number of aryl methyl sites for hydroxylation is 1. The number of amides is 1. The fourth-order valence-corrected chi connectivity index (χ4v) is 3.49. The van der Waals surface area contributed by atoms with E-state index in [0.717, 1.165) is 56.8 Å². The molecule has 0 radical (unpaired) electrons. The number of piperidine rings is 1. The van der Waals surface area contributed by atoms with E-state index in [9.17, 15) is 9.59 Å². The molecule has 1 fully saturated rings. The van der Waals surface area contributed by atoms with Crippen molar-refractivity contribution in [2.75, 3.05) is 26.7 Å². The van der Waals surface area contributed by atoms with Gasteiger partial charge in [0, 0.05) is 31.5 Å². The van der Waals surface area contributed by atoms with Crippen LogP contribution in [0.4, 0.5) is 0 Å². The zero-order valence-corrected chi connectivity index (χ0v) is 15.7. The molecule has 1 aromatic rings. The molecule has 1 amide bonds. The molecule has 0 aromatic heterocycles. The van der Waals surface area contributed by atoms with Gasteiger partial charge < -0.3 is 10.2 Å². The summed E-state index contributed by atoms with van der Waals surface area (Å²) in [6.07, 6.45) is 6.14. The van der Waals surface area contributed by atoms with Gasteiger partial charge in [0.05, 0.1) is 0 Å². The molecule has 4 nitrogen and oxygen atoms in total. The highest BCUT2D eigenvalue weighted by molar-refractivity contribution is 5.98. The van der Waals surface area contributed by atoms with Gasteiger partial charge in [0.2, 0.25) is 5.91 Å². The van der Waals surface area contributed by atoms with Gasteiger partial charge in [0.25, 0.3) is 0 Å². The predicted octanol–water partition coefficient (Wildman–Crippen LogP) is 3.45. The van der Waals surface area contributed by atoms with Crippen molar-refractivity contribution < 1.29 is 9.59 Å². The van der Waals surface area contributed by atoms with Crippen molar-refractivity contribution >= 4 is 11.7 Å². The fraction of sp³-hybridized carbons (Fsp3) is 0.619. The van der Waals surface area contributed by atoms with Gasteiger partial charge in [-0.3, -0.25) is 9.59 Å². The van der Waals surface area contributed by atoms with E-state index in [1.165, 1.54) is 12.0 Å². The number of rotatable bonds is 9. The average Bonchev–Trinajstić information content (AvgIpc) is 2.65. The molecule has 1 aromatic carbocycles. The number of likely N-dealkylation sites (tertiary alicyclic amines) is 1. The number of nitrogens with one attached hydrogen (secondary N) is 1. The molecular formula is C21H32N2O2. The van der Waals surface area contributed by atoms with Crippen LogP contribution < -0.4 is 5.32 Å². The third-order valence-electron chi connectivity index (χ3n) is 5.15. The molecular weight excluding hydrogens is 312 g/mol. The minimum atomic E-state index is 0.0697. The van der Waals surface area contributed by atoms with Crippen molar-refractivity contribution in [1.29, 1.82) is 0 Å². The number of hydrogen-bond donors (Lipinski definition) is 1. The molecule has 0 spiro atoms. The first kappa shape index (κ1) is 19.6. The second-order valence-electron chi connectivity index (χ2n) is 7.09. The van der Waals surface area contributed by atoms with E-state index in [1.54, 1.807) is 0 Å². The lowest BCUT2D eigenvalue weighted by Gasteiger charge is -2.32. The molecule has 1 N–H and O–H groups in total. The number of ketones is 1. The highest BCUT2D eigenvalue weighted by atomic mass is 16.2. The van der Waals surface area contributed by atoms with Crippen LogP contribution in [0.2, 0.25) is 0 Å². The predicted molar refractivity (Wildman–Crippen MR) is 102 cm³/mol. The maximum atomic E-state index is 12.4. The molecule has 1 saturated heterocycles. The maximum Gasteiger partial charge on any atom is 0.223 e. The Labute approximate surface area is 152 Å². The summed E-state index contributed by atoms with van der Waals surface area (Å²) in [6, 6.07) is 7.83. The average molecular weight is 344 g/mol. The van der Waals surface area contributed by atoms with Crippen molar-refractivity contribution in [1.82, 2.24) is 10.2 Å². The van der Waals surface area contributed by atoms with E-state index < -0.39 is 0 Å². The van der Waals surface area contributed by atoms with Crippen molar-refractivity contribution in [3.05, 3.63) is 35.4 Å². The van der Waals surface area contributed by atoms with Crippen molar-refractivity contribution in [3.63, 3.8) is 0 Å². The lowest BCUT2D eigenvalue weighted by atomic mass is 9.93. The Kier molecular flexibility index (Phi) is 8.13. The summed E-state index contributed by atoms with van der Waals surface area (Å²) in [5, 5.41) is 3.19. The standard InChI is InChI=1S/C21H32N2O2/c1-3-4-17-5-7-19(8-6-17)20(24)9-10-21(25)23-15-12-18(13-16-23)11-14-22-2/h5-8,18,22H,3-4,9-16H2,1-2H3. The molecule has 2 rings (SSSR count). The van der Waals surface area contributed by atoms with Crippen LogP contribution >= 0.6 is 0 Å². The molecule has 1 heterocycles. The van der Waals surface area contributed by atoms with Gasteiger partial charge in [0.1, 0.15) is 0 Å². The highest BCUT2D eigenvalue weighted by Crippen LogP contribution is 2.21. The molecule has 0 saturated carbocycles. The number of Topliss-reactive ketones (excluding diaryl/α,β-unsaturated/α-hetero) is 1. The van der Waals surface area contributed by atoms with Gasteiger partial charge >= 0.3 is 0 Å². The first-order valence-corrected chi connectivity index (χ1v) is 9.68. The van der Waals surface area contributed by atoms with Gasteiger partial charge in [-0.2, -0.15) is 0 Å². The Balaban J connectivity index is 1.73. The topological polar surface area (TPSA) is 49.4 Å². The summed E-state index contributed by atoms with van der Waals surface area (Å²) in [5.74, 6) is 0.920. The molecule has 4 heteroatoms. The zero-order chi connectivity index (χ0) is 18.1. The Morgan fingerprint density at radius 1 is 1.12 bits per heavy atom. The first-order valence-electron chi connectivity index (χ1n) is 9.68. The van der Waals surface area contributed by atoms with E-state index in [1.807, 2.05) is 36.2 Å². The summed E-state index contributed by atoms with van der Waals surface area (Å²) in [6.45, 7) is 4.87. The molecule has 0 atom stereocenters. The van der Waals surface area contributed by atoms with E-state index in [2.05, 4.69) is 12.2 Å². The summed E-state index contributed by atoms with van der Waals surface area (Å²) in [5.41, 5.74) is 1.98. The normalized spacial score (nSPS) is 15.4. The SMILES string of the molecule is CCCc1ccc(C(=O)CCC(=O)N2CCC(CCNC)CC2)cc1. The minimum Gasteiger partial charge on any atom is -0.343 e. The Hall–Kier alpha value is -1.68. The van der Waals surface area contributed by atoms with Crippen LogP contribution in [0.5, 0.6) is 0 Å². The van der Waals surface area contributed by atoms with Crippen LogP contribution in [0.15, 0.2) is 24.3 Å². The van der Waals surface area contributed by atoms with E-state index in [4.69, 9.17) is 0 Å². The third-order valence-corrected chi connectivity index (χ3v) is 5.15. The number of benzene rings is 1. The fourth-order valence-electron chi connectivity index (χ4n) is 3.49. The lowest BCUT2D eigenvalue weighted by molar-refractivity contribution is -0.132. The van der Waals surface area contributed by atoms with Crippen LogP contribution in [-0.2, 0) is 11.2 Å². The summed E-state index contributed by atoms with van der Waals surface area (Å²) >= 11 is 0. The molecule has 0 bridgehead atoms. The molecule has 1 aliphatic rings. The van der Waals surface area contributed by atoms with E-state index in [0.29, 0.717) is 12.8 Å². The second-order valence-corrected chi connectivity index (χ2v) is 7.09. The molecule has 1 aliphatic heterocycles.